The first-order valence-electron chi connectivity index (χ1n) is 3.70. The summed E-state index contributed by atoms with van der Waals surface area (Å²) in [6.45, 7) is 3.66. The lowest BCUT2D eigenvalue weighted by atomic mass is 10.4. The highest BCUT2D eigenvalue weighted by molar-refractivity contribution is 14.1. The van der Waals surface area contributed by atoms with Crippen LogP contribution in [-0.2, 0) is 13.1 Å². The normalized spacial score (nSPS) is 10.5. The fourth-order valence-corrected chi connectivity index (χ4v) is 1.62. The Morgan fingerprint density at radius 3 is 2.91 bits per heavy atom. The molecule has 0 unspecified atom stereocenters. The van der Waals surface area contributed by atoms with Crippen molar-refractivity contribution >= 4 is 22.6 Å². The molecule has 0 aromatic carbocycles. The van der Waals surface area contributed by atoms with Crippen molar-refractivity contribution in [3.05, 3.63) is 15.5 Å². The molecule has 0 amide bonds. The van der Waals surface area contributed by atoms with Crippen LogP contribution in [0.15, 0.2) is 6.07 Å². The molecule has 0 radical (unpaired) electrons. The molecule has 0 spiro atoms. The van der Waals surface area contributed by atoms with Crippen molar-refractivity contribution in [2.24, 2.45) is 5.73 Å². The van der Waals surface area contributed by atoms with Gasteiger partial charge in [-0.2, -0.15) is 5.10 Å². The summed E-state index contributed by atoms with van der Waals surface area (Å²) in [5, 5.41) is 4.30. The second-order valence-corrected chi connectivity index (χ2v) is 3.49. The van der Waals surface area contributed by atoms with Gasteiger partial charge in [-0.3, -0.25) is 4.68 Å². The van der Waals surface area contributed by atoms with Gasteiger partial charge in [-0.1, -0.05) is 6.92 Å². The van der Waals surface area contributed by atoms with E-state index in [1.165, 1.54) is 3.70 Å². The standard InChI is InChI=1S/C7H12IN3/c1-2-3-11-7(8)4-6(5-9)10-11/h4H,2-3,5,9H2,1H3. The highest BCUT2D eigenvalue weighted by Gasteiger charge is 2.01. The van der Waals surface area contributed by atoms with E-state index in [9.17, 15) is 0 Å². The topological polar surface area (TPSA) is 43.8 Å². The van der Waals surface area contributed by atoms with Gasteiger partial charge in [-0.05, 0) is 35.1 Å². The van der Waals surface area contributed by atoms with Crippen LogP contribution in [0, 0.1) is 3.70 Å². The van der Waals surface area contributed by atoms with E-state index >= 15 is 0 Å². The third-order valence-corrected chi connectivity index (χ3v) is 2.29. The minimum Gasteiger partial charge on any atom is -0.325 e. The summed E-state index contributed by atoms with van der Waals surface area (Å²) >= 11 is 2.27. The molecule has 0 saturated carbocycles. The van der Waals surface area contributed by atoms with E-state index in [1.807, 2.05) is 10.7 Å². The zero-order valence-electron chi connectivity index (χ0n) is 6.55. The van der Waals surface area contributed by atoms with Gasteiger partial charge in [-0.15, -0.1) is 0 Å². The van der Waals surface area contributed by atoms with Crippen molar-refractivity contribution in [2.75, 3.05) is 0 Å². The second kappa shape index (κ2) is 4.06. The van der Waals surface area contributed by atoms with Gasteiger partial charge in [0.05, 0.1) is 9.39 Å². The number of aryl methyl sites for hydroxylation is 1. The Bertz CT molecular complexity index is 232. The summed E-state index contributed by atoms with van der Waals surface area (Å²) in [6, 6.07) is 2.02. The van der Waals surface area contributed by atoms with Crippen molar-refractivity contribution in [1.29, 1.82) is 0 Å². The number of rotatable bonds is 3. The zero-order chi connectivity index (χ0) is 8.27. The van der Waals surface area contributed by atoms with E-state index in [2.05, 4.69) is 34.6 Å². The first kappa shape index (κ1) is 8.99. The van der Waals surface area contributed by atoms with E-state index in [0.29, 0.717) is 6.54 Å². The maximum atomic E-state index is 5.45. The molecule has 0 aliphatic rings. The van der Waals surface area contributed by atoms with Crippen molar-refractivity contribution in [2.45, 2.75) is 26.4 Å². The second-order valence-electron chi connectivity index (χ2n) is 2.39. The summed E-state index contributed by atoms with van der Waals surface area (Å²) in [6.07, 6.45) is 1.11. The van der Waals surface area contributed by atoms with Crippen LogP contribution in [0.4, 0.5) is 0 Å². The van der Waals surface area contributed by atoms with Crippen molar-refractivity contribution in [1.82, 2.24) is 9.78 Å². The first-order chi connectivity index (χ1) is 5.27. The quantitative estimate of drug-likeness (QED) is 0.838. The predicted molar refractivity (Wildman–Crippen MR) is 53.1 cm³/mol. The lowest BCUT2D eigenvalue weighted by molar-refractivity contribution is 0.582. The minimum atomic E-state index is 0.534. The van der Waals surface area contributed by atoms with Gasteiger partial charge in [0, 0.05) is 13.1 Å². The molecule has 1 rings (SSSR count). The van der Waals surface area contributed by atoms with Crippen LogP contribution in [0.5, 0.6) is 0 Å². The summed E-state index contributed by atoms with van der Waals surface area (Å²) in [4.78, 5) is 0. The molecule has 11 heavy (non-hydrogen) atoms. The molecule has 2 N–H and O–H groups in total. The van der Waals surface area contributed by atoms with Crippen LogP contribution in [-0.4, -0.2) is 9.78 Å². The monoisotopic (exact) mass is 265 g/mol. The molecular formula is C7H12IN3. The molecule has 0 aliphatic heterocycles. The lowest BCUT2D eigenvalue weighted by Crippen LogP contribution is -2.03. The number of halogens is 1. The molecule has 0 atom stereocenters. The average Bonchev–Trinajstić information content (AvgIpc) is 2.33. The van der Waals surface area contributed by atoms with E-state index in [-0.39, 0.29) is 0 Å². The molecule has 0 fully saturated rings. The predicted octanol–water partition coefficient (Wildman–Crippen LogP) is 1.36. The Hall–Kier alpha value is -0.100. The lowest BCUT2D eigenvalue weighted by Gasteiger charge is -1.97. The van der Waals surface area contributed by atoms with Crippen LogP contribution in [0.2, 0.25) is 0 Å². The van der Waals surface area contributed by atoms with Gasteiger partial charge in [0.25, 0.3) is 0 Å². The summed E-state index contributed by atoms with van der Waals surface area (Å²) < 4.78 is 3.16. The molecule has 1 aromatic rings. The Kier molecular flexibility index (Phi) is 3.32. The van der Waals surface area contributed by atoms with E-state index < -0.39 is 0 Å². The van der Waals surface area contributed by atoms with Crippen LogP contribution in [0.25, 0.3) is 0 Å². The average molecular weight is 265 g/mol. The number of hydrogen-bond acceptors (Lipinski definition) is 2. The Morgan fingerprint density at radius 2 is 2.45 bits per heavy atom. The molecular weight excluding hydrogens is 253 g/mol. The van der Waals surface area contributed by atoms with Crippen LogP contribution >= 0.6 is 22.6 Å². The van der Waals surface area contributed by atoms with E-state index in [0.717, 1.165) is 18.7 Å². The Morgan fingerprint density at radius 1 is 1.73 bits per heavy atom. The fraction of sp³-hybridized carbons (Fsp3) is 0.571. The summed E-state index contributed by atoms with van der Waals surface area (Å²) in [5.41, 5.74) is 6.42. The molecule has 1 aromatic heterocycles. The van der Waals surface area contributed by atoms with E-state index in [1.54, 1.807) is 0 Å². The number of aromatic nitrogens is 2. The third kappa shape index (κ3) is 2.16. The Balaban J connectivity index is 2.79. The Labute approximate surface area is 80.1 Å². The molecule has 62 valence electrons. The van der Waals surface area contributed by atoms with Crippen LogP contribution < -0.4 is 5.73 Å². The summed E-state index contributed by atoms with van der Waals surface area (Å²) in [7, 11) is 0. The van der Waals surface area contributed by atoms with Crippen LogP contribution in [0.3, 0.4) is 0 Å². The molecule has 1 heterocycles. The van der Waals surface area contributed by atoms with Gasteiger partial charge in [-0.25, -0.2) is 0 Å². The number of nitrogens with two attached hydrogens (primary N) is 1. The highest BCUT2D eigenvalue weighted by atomic mass is 127. The van der Waals surface area contributed by atoms with E-state index in [4.69, 9.17) is 5.73 Å². The SMILES string of the molecule is CCCn1nc(CN)cc1I. The molecule has 3 nitrogen and oxygen atoms in total. The van der Waals surface area contributed by atoms with Crippen molar-refractivity contribution in [3.63, 3.8) is 0 Å². The number of nitrogens with zero attached hydrogens (tertiary/aromatic N) is 2. The highest BCUT2D eigenvalue weighted by Crippen LogP contribution is 2.07. The van der Waals surface area contributed by atoms with Crippen molar-refractivity contribution in [3.8, 4) is 0 Å². The first-order valence-corrected chi connectivity index (χ1v) is 4.78. The molecule has 0 saturated heterocycles. The van der Waals surface area contributed by atoms with Crippen LogP contribution in [0.1, 0.15) is 19.0 Å². The zero-order valence-corrected chi connectivity index (χ0v) is 8.71. The van der Waals surface area contributed by atoms with Crippen molar-refractivity contribution < 1.29 is 0 Å². The molecule has 4 heteroatoms. The van der Waals surface area contributed by atoms with Gasteiger partial charge in [0.2, 0.25) is 0 Å². The van der Waals surface area contributed by atoms with Gasteiger partial charge < -0.3 is 5.73 Å². The fourth-order valence-electron chi connectivity index (χ4n) is 0.912. The largest absolute Gasteiger partial charge is 0.325 e. The summed E-state index contributed by atoms with van der Waals surface area (Å²) in [5.74, 6) is 0. The number of hydrogen-bond donors (Lipinski definition) is 1. The third-order valence-electron chi connectivity index (χ3n) is 1.43. The maximum Gasteiger partial charge on any atom is 0.0992 e. The molecule has 0 bridgehead atoms. The minimum absolute atomic E-state index is 0.534. The molecule has 0 aliphatic carbocycles. The van der Waals surface area contributed by atoms with Gasteiger partial charge >= 0.3 is 0 Å². The van der Waals surface area contributed by atoms with Gasteiger partial charge in [0.15, 0.2) is 0 Å². The van der Waals surface area contributed by atoms with Gasteiger partial charge in [0.1, 0.15) is 0 Å². The smallest absolute Gasteiger partial charge is 0.0992 e. The maximum absolute atomic E-state index is 5.45.